The van der Waals surface area contributed by atoms with Gasteiger partial charge in [0.05, 0.1) is 0 Å². The van der Waals surface area contributed by atoms with Crippen molar-refractivity contribution in [3.05, 3.63) is 0 Å². The predicted octanol–water partition coefficient (Wildman–Crippen LogP) is -2.79. The minimum atomic E-state index is -0.0857. The van der Waals surface area contributed by atoms with Crippen molar-refractivity contribution < 1.29 is 0 Å². The summed E-state index contributed by atoms with van der Waals surface area (Å²) in [7, 11) is 10.3. The van der Waals surface area contributed by atoms with Crippen LogP contribution in [0.5, 0.6) is 0 Å². The highest BCUT2D eigenvalue weighted by Gasteiger charge is 2.05. The monoisotopic (exact) mass is 123 g/mol. The number of nitrogens with one attached hydrogen (secondary N) is 4. The van der Waals surface area contributed by atoms with E-state index >= 15 is 0 Å². The van der Waals surface area contributed by atoms with Crippen LogP contribution in [0.15, 0.2) is 0 Å². The Morgan fingerprint density at radius 2 is 2.11 bits per heavy atom. The van der Waals surface area contributed by atoms with Gasteiger partial charge in [0.15, 0.2) is 7.98 Å². The highest BCUT2D eigenvalue weighted by Crippen LogP contribution is 1.52. The Bertz CT molecular complexity index is 57.8. The van der Waals surface area contributed by atoms with Gasteiger partial charge < -0.3 is 20.7 Å². The highest BCUT2D eigenvalue weighted by atomic mass is 15.0. The van der Waals surface area contributed by atoms with Crippen molar-refractivity contribution in [2.75, 3.05) is 14.1 Å². The molecule has 3 radical (unpaired) electrons. The lowest BCUT2D eigenvalue weighted by Gasteiger charge is -2.09. The van der Waals surface area contributed by atoms with Gasteiger partial charge in [0.25, 0.3) is 7.55 Å². The van der Waals surface area contributed by atoms with E-state index in [-0.39, 0.29) is 7.12 Å². The minimum Gasteiger partial charge on any atom is -0.380 e. The van der Waals surface area contributed by atoms with Crippen LogP contribution in [-0.4, -0.2) is 36.7 Å². The van der Waals surface area contributed by atoms with Crippen LogP contribution in [0.1, 0.15) is 0 Å². The van der Waals surface area contributed by atoms with Crippen LogP contribution >= 0.6 is 0 Å². The van der Waals surface area contributed by atoms with E-state index < -0.39 is 0 Å². The molecule has 0 bridgehead atoms. The molecule has 47 valence electrons. The van der Waals surface area contributed by atoms with Gasteiger partial charge in [0, 0.05) is 0 Å². The summed E-state index contributed by atoms with van der Waals surface area (Å²) in [6.07, 6.45) is 0. The van der Waals surface area contributed by atoms with Crippen molar-refractivity contribution in [1.29, 1.82) is 0 Å². The van der Waals surface area contributed by atoms with E-state index in [4.69, 9.17) is 7.98 Å². The SMILES string of the molecule is [B]NB(NC)N[B]NC. The maximum absolute atomic E-state index is 5.10. The van der Waals surface area contributed by atoms with Gasteiger partial charge in [-0.3, -0.25) is 0 Å². The van der Waals surface area contributed by atoms with Gasteiger partial charge in [-0.1, -0.05) is 0 Å². The summed E-state index contributed by atoms with van der Waals surface area (Å²) < 4.78 is 0. The van der Waals surface area contributed by atoms with Crippen LogP contribution in [0, 0.1) is 0 Å². The largest absolute Gasteiger partial charge is 0.380 e. The Balaban J connectivity index is 3.09. The fraction of sp³-hybridized carbons (Fsp3) is 1.00. The third-order valence-electron chi connectivity index (χ3n) is 0.850. The van der Waals surface area contributed by atoms with E-state index in [9.17, 15) is 0 Å². The average Bonchev–Trinajstić information content (AvgIpc) is 1.91. The first-order valence-corrected chi connectivity index (χ1v) is 2.73. The van der Waals surface area contributed by atoms with Crippen molar-refractivity contribution in [2.45, 2.75) is 0 Å². The maximum atomic E-state index is 5.10. The van der Waals surface area contributed by atoms with Crippen molar-refractivity contribution in [3.8, 4) is 0 Å². The molecule has 0 fully saturated rings. The zero-order valence-electron chi connectivity index (χ0n) is 5.73. The second kappa shape index (κ2) is 6.16. The lowest BCUT2D eigenvalue weighted by molar-refractivity contribution is 1.09. The smallest absolute Gasteiger partial charge is 0.371 e. The van der Waals surface area contributed by atoms with Gasteiger partial charge in [-0.05, 0) is 14.1 Å². The molecule has 0 atom stereocenters. The van der Waals surface area contributed by atoms with E-state index in [1.165, 1.54) is 0 Å². The maximum Gasteiger partial charge on any atom is 0.371 e. The Labute approximate surface area is 58.4 Å². The summed E-state index contributed by atoms with van der Waals surface area (Å²) in [6.45, 7) is 0. The second-order valence-electron chi connectivity index (χ2n) is 1.49. The van der Waals surface area contributed by atoms with Crippen LogP contribution in [0.25, 0.3) is 0 Å². The van der Waals surface area contributed by atoms with E-state index in [0.717, 1.165) is 0 Å². The standard InChI is InChI=1S/C2H10B3N4/c1-6-4-9-5(7-2)8-3/h6-9H,1-2H3. The molecule has 0 saturated heterocycles. The number of hydrogen-bond donors (Lipinski definition) is 4. The lowest BCUT2D eigenvalue weighted by Crippen LogP contribution is -2.59. The van der Waals surface area contributed by atoms with Gasteiger partial charge in [-0.25, -0.2) is 0 Å². The molecule has 0 aromatic rings. The van der Waals surface area contributed by atoms with E-state index in [2.05, 4.69) is 20.7 Å². The number of rotatable bonds is 5. The van der Waals surface area contributed by atoms with Crippen molar-refractivity contribution in [1.82, 2.24) is 20.7 Å². The summed E-state index contributed by atoms with van der Waals surface area (Å²) in [6, 6.07) is 0. The van der Waals surface area contributed by atoms with Crippen LogP contribution in [0.3, 0.4) is 0 Å². The summed E-state index contributed by atoms with van der Waals surface area (Å²) in [5.41, 5.74) is 0. The molecule has 9 heavy (non-hydrogen) atoms. The minimum absolute atomic E-state index is 0.0857. The van der Waals surface area contributed by atoms with Gasteiger partial charge in [0.1, 0.15) is 0 Å². The highest BCUT2D eigenvalue weighted by molar-refractivity contribution is 6.64. The summed E-state index contributed by atoms with van der Waals surface area (Å²) in [5, 5.41) is 11.0. The molecule has 0 aromatic heterocycles. The molecule has 0 amide bonds. The molecular formula is C2H10B3N4. The molecule has 0 aliphatic rings. The summed E-state index contributed by atoms with van der Waals surface area (Å²) in [5.74, 6) is 0. The van der Waals surface area contributed by atoms with Crippen LogP contribution < -0.4 is 20.7 Å². The fourth-order valence-electron chi connectivity index (χ4n) is 0.381. The Morgan fingerprint density at radius 1 is 1.44 bits per heavy atom. The molecule has 4 N–H and O–H groups in total. The molecule has 0 spiro atoms. The third-order valence-corrected chi connectivity index (χ3v) is 0.850. The van der Waals surface area contributed by atoms with Gasteiger partial charge in [-0.15, -0.1) is 0 Å². The molecule has 0 heterocycles. The quantitative estimate of drug-likeness (QED) is 0.298. The summed E-state index contributed by atoms with van der Waals surface area (Å²) in [4.78, 5) is 0. The van der Waals surface area contributed by atoms with Crippen LogP contribution in [0.4, 0.5) is 0 Å². The molecule has 0 unspecified atom stereocenters. The predicted molar refractivity (Wildman–Crippen MR) is 41.7 cm³/mol. The third kappa shape index (κ3) is 4.53. The second-order valence-corrected chi connectivity index (χ2v) is 1.49. The average molecular weight is 123 g/mol. The summed E-state index contributed by atoms with van der Waals surface area (Å²) >= 11 is 0. The Kier molecular flexibility index (Phi) is 6.18. The van der Waals surface area contributed by atoms with E-state index in [1.807, 2.05) is 0 Å². The van der Waals surface area contributed by atoms with Crippen molar-refractivity contribution in [2.24, 2.45) is 0 Å². The lowest BCUT2D eigenvalue weighted by atomic mass is 9.85. The first-order chi connectivity index (χ1) is 4.35. The zero-order valence-corrected chi connectivity index (χ0v) is 5.73. The van der Waals surface area contributed by atoms with Gasteiger partial charge in [0.2, 0.25) is 0 Å². The van der Waals surface area contributed by atoms with Gasteiger partial charge >= 0.3 is 7.12 Å². The molecule has 0 aliphatic carbocycles. The molecule has 0 aromatic carbocycles. The van der Waals surface area contributed by atoms with Crippen molar-refractivity contribution in [3.63, 3.8) is 0 Å². The van der Waals surface area contributed by atoms with Crippen molar-refractivity contribution >= 4 is 22.6 Å². The molecule has 0 rings (SSSR count). The Morgan fingerprint density at radius 3 is 2.44 bits per heavy atom. The van der Waals surface area contributed by atoms with Crippen LogP contribution in [0.2, 0.25) is 0 Å². The molecule has 0 saturated carbocycles. The van der Waals surface area contributed by atoms with Gasteiger partial charge in [-0.2, -0.15) is 0 Å². The molecule has 4 nitrogen and oxygen atoms in total. The Hall–Kier alpha value is 0.0348. The van der Waals surface area contributed by atoms with Crippen LogP contribution in [-0.2, 0) is 0 Å². The zero-order chi connectivity index (χ0) is 7.11. The number of hydrogen-bond acceptors (Lipinski definition) is 4. The first-order valence-electron chi connectivity index (χ1n) is 2.73. The van der Waals surface area contributed by atoms with E-state index in [1.54, 1.807) is 21.6 Å². The molecule has 7 heteroatoms. The normalized spacial score (nSPS) is 9.11. The first kappa shape index (κ1) is 9.03. The molecule has 0 aliphatic heterocycles. The fourth-order valence-corrected chi connectivity index (χ4v) is 0.381. The topological polar surface area (TPSA) is 48.1 Å². The molecular weight excluding hydrogens is 112 g/mol. The van der Waals surface area contributed by atoms with E-state index in [0.29, 0.717) is 0 Å².